The number of hydrogen-bond donors (Lipinski definition) is 1. The summed E-state index contributed by atoms with van der Waals surface area (Å²) < 4.78 is 1.81. The number of nitrogens with one attached hydrogen (secondary N) is 1. The lowest BCUT2D eigenvalue weighted by Gasteiger charge is -2.39. The molecule has 4 heterocycles. The van der Waals surface area contributed by atoms with Crippen LogP contribution in [0.5, 0.6) is 0 Å². The largest absolute Gasteiger partial charge is 0.342 e. The van der Waals surface area contributed by atoms with E-state index in [1.165, 1.54) is 0 Å². The van der Waals surface area contributed by atoms with Crippen LogP contribution in [0.2, 0.25) is 0 Å². The number of nitrogens with zero attached hydrogens (tertiary/aromatic N) is 6. The molecule has 9 heteroatoms. The molecule has 2 saturated heterocycles. The third-order valence-electron chi connectivity index (χ3n) is 7.13. The maximum Gasteiger partial charge on any atom is 0.265 e. The molecule has 1 N–H and O–H groups in total. The predicted molar refractivity (Wildman–Crippen MR) is 131 cm³/mol. The van der Waals surface area contributed by atoms with Crippen LogP contribution < -0.4 is 5.56 Å². The van der Waals surface area contributed by atoms with Gasteiger partial charge in [-0.25, -0.2) is 4.98 Å². The fourth-order valence-corrected chi connectivity index (χ4v) is 5.21. The summed E-state index contributed by atoms with van der Waals surface area (Å²) >= 11 is 0. The van der Waals surface area contributed by atoms with E-state index in [4.69, 9.17) is 4.98 Å². The van der Waals surface area contributed by atoms with Crippen molar-refractivity contribution in [2.45, 2.75) is 38.8 Å². The summed E-state index contributed by atoms with van der Waals surface area (Å²) in [6, 6.07) is 10.0. The number of carbonyl (C=O) groups excluding carboxylic acids is 1. The molecular formula is C25H33N7O2. The monoisotopic (exact) mass is 463 g/mol. The van der Waals surface area contributed by atoms with Gasteiger partial charge in [0.15, 0.2) is 5.65 Å². The molecule has 34 heavy (non-hydrogen) atoms. The Morgan fingerprint density at radius 1 is 1.06 bits per heavy atom. The number of hydrogen-bond acceptors (Lipinski definition) is 6. The molecule has 2 fully saturated rings. The standard InChI is InChI=1S/C25H33N7O2/c1-2-21(30-14-12-29(13-15-30)18-22(33)31-10-6-7-11-31)24-27-23-20(16-26-28-23)25(34)32(24)17-19-8-4-3-5-9-19/h3-5,8-9,16,21H,2,6-7,10-15,17-18H2,1H3,(H,26,28). The zero-order chi connectivity index (χ0) is 23.5. The van der Waals surface area contributed by atoms with Crippen molar-refractivity contribution in [2.24, 2.45) is 0 Å². The molecule has 2 aliphatic heterocycles. The fraction of sp³-hybridized carbons (Fsp3) is 0.520. The number of benzene rings is 1. The van der Waals surface area contributed by atoms with Crippen LogP contribution in [0.4, 0.5) is 0 Å². The van der Waals surface area contributed by atoms with Crippen LogP contribution in [0.1, 0.15) is 43.6 Å². The SMILES string of the molecule is CCC(c1nc2[nH]ncc2c(=O)n1Cc1ccccc1)N1CCN(CC(=O)N2CCCC2)CC1. The minimum atomic E-state index is -0.0640. The van der Waals surface area contributed by atoms with Crippen molar-refractivity contribution in [1.82, 2.24) is 34.4 Å². The van der Waals surface area contributed by atoms with E-state index in [0.29, 0.717) is 24.1 Å². The third-order valence-corrected chi connectivity index (χ3v) is 7.13. The lowest BCUT2D eigenvalue weighted by Crippen LogP contribution is -2.51. The van der Waals surface area contributed by atoms with Gasteiger partial charge in [-0.15, -0.1) is 0 Å². The molecular weight excluding hydrogens is 430 g/mol. The summed E-state index contributed by atoms with van der Waals surface area (Å²) in [5.74, 6) is 1.02. The van der Waals surface area contributed by atoms with E-state index in [1.54, 1.807) is 6.20 Å². The molecule has 9 nitrogen and oxygen atoms in total. The number of fused-ring (bicyclic) bond motifs is 1. The van der Waals surface area contributed by atoms with Gasteiger partial charge >= 0.3 is 0 Å². The first-order valence-corrected chi connectivity index (χ1v) is 12.4. The molecule has 0 saturated carbocycles. The van der Waals surface area contributed by atoms with Gasteiger partial charge in [-0.05, 0) is 24.8 Å². The Morgan fingerprint density at radius 2 is 1.79 bits per heavy atom. The molecule has 2 aliphatic rings. The predicted octanol–water partition coefficient (Wildman–Crippen LogP) is 1.86. The molecule has 2 aromatic heterocycles. The van der Waals surface area contributed by atoms with Crippen molar-refractivity contribution in [3.05, 3.63) is 58.3 Å². The number of aromatic nitrogens is 4. The van der Waals surface area contributed by atoms with Crippen LogP contribution in [0.3, 0.4) is 0 Å². The molecule has 0 spiro atoms. The van der Waals surface area contributed by atoms with E-state index in [2.05, 4.69) is 26.9 Å². The van der Waals surface area contributed by atoms with E-state index in [9.17, 15) is 9.59 Å². The van der Waals surface area contributed by atoms with E-state index in [-0.39, 0.29) is 17.5 Å². The van der Waals surface area contributed by atoms with Gasteiger partial charge in [-0.1, -0.05) is 37.3 Å². The number of likely N-dealkylation sites (tertiary alicyclic amines) is 1. The number of piperazine rings is 1. The summed E-state index contributed by atoms with van der Waals surface area (Å²) in [7, 11) is 0. The smallest absolute Gasteiger partial charge is 0.265 e. The van der Waals surface area contributed by atoms with Crippen molar-refractivity contribution in [3.8, 4) is 0 Å². The number of aromatic amines is 1. The number of carbonyl (C=O) groups is 1. The highest BCUT2D eigenvalue weighted by Gasteiger charge is 2.29. The molecule has 3 aromatic rings. The van der Waals surface area contributed by atoms with Crippen LogP contribution in [0.25, 0.3) is 11.0 Å². The van der Waals surface area contributed by atoms with Gasteiger partial charge in [-0.3, -0.25) is 29.1 Å². The Balaban J connectivity index is 1.36. The second-order valence-corrected chi connectivity index (χ2v) is 9.30. The van der Waals surface area contributed by atoms with Crippen LogP contribution >= 0.6 is 0 Å². The fourth-order valence-electron chi connectivity index (χ4n) is 5.21. The zero-order valence-corrected chi connectivity index (χ0v) is 19.8. The highest BCUT2D eigenvalue weighted by atomic mass is 16.2. The molecule has 1 unspecified atom stereocenters. The molecule has 1 atom stereocenters. The first-order chi connectivity index (χ1) is 16.6. The van der Waals surface area contributed by atoms with E-state index >= 15 is 0 Å². The maximum absolute atomic E-state index is 13.4. The molecule has 1 amide bonds. The van der Waals surface area contributed by atoms with Gasteiger partial charge in [0.1, 0.15) is 11.2 Å². The van der Waals surface area contributed by atoms with Crippen LogP contribution in [0, 0.1) is 0 Å². The van der Waals surface area contributed by atoms with Gasteiger partial charge in [0, 0.05) is 39.3 Å². The molecule has 180 valence electrons. The average Bonchev–Trinajstić information content (AvgIpc) is 3.56. The Morgan fingerprint density at radius 3 is 2.50 bits per heavy atom. The van der Waals surface area contributed by atoms with Gasteiger partial charge in [0.25, 0.3) is 5.56 Å². The summed E-state index contributed by atoms with van der Waals surface area (Å²) in [6.45, 7) is 8.28. The Kier molecular flexibility index (Phi) is 6.73. The minimum absolute atomic E-state index is 0.0144. The van der Waals surface area contributed by atoms with Crippen molar-refractivity contribution in [2.75, 3.05) is 45.8 Å². The second-order valence-electron chi connectivity index (χ2n) is 9.30. The quantitative estimate of drug-likeness (QED) is 0.575. The summed E-state index contributed by atoms with van der Waals surface area (Å²) in [6.07, 6.45) is 4.65. The van der Waals surface area contributed by atoms with E-state index in [0.717, 1.165) is 69.9 Å². The van der Waals surface area contributed by atoms with Gasteiger partial charge in [0.2, 0.25) is 5.91 Å². The van der Waals surface area contributed by atoms with E-state index in [1.807, 2.05) is 39.8 Å². The summed E-state index contributed by atoms with van der Waals surface area (Å²) in [5, 5.41) is 7.46. The van der Waals surface area contributed by atoms with Gasteiger partial charge in [-0.2, -0.15) is 5.10 Å². The molecule has 5 rings (SSSR count). The van der Waals surface area contributed by atoms with Crippen LogP contribution in [-0.4, -0.2) is 86.2 Å². The normalized spacial score (nSPS) is 18.6. The molecule has 1 aromatic carbocycles. The minimum Gasteiger partial charge on any atom is -0.342 e. The maximum atomic E-state index is 13.4. The Hall–Kier alpha value is -3.04. The van der Waals surface area contributed by atoms with Crippen LogP contribution in [0.15, 0.2) is 41.3 Å². The lowest BCUT2D eigenvalue weighted by atomic mass is 10.1. The average molecular weight is 464 g/mol. The van der Waals surface area contributed by atoms with Gasteiger partial charge in [0.05, 0.1) is 25.3 Å². The highest BCUT2D eigenvalue weighted by molar-refractivity contribution is 5.78. The number of amides is 1. The topological polar surface area (TPSA) is 90.4 Å². The molecule has 0 aliphatic carbocycles. The Labute approximate surface area is 199 Å². The van der Waals surface area contributed by atoms with Gasteiger partial charge < -0.3 is 4.90 Å². The van der Waals surface area contributed by atoms with Crippen LogP contribution in [-0.2, 0) is 11.3 Å². The van der Waals surface area contributed by atoms with Crippen molar-refractivity contribution < 1.29 is 4.79 Å². The Bertz CT molecular complexity index is 1170. The molecule has 0 bridgehead atoms. The summed E-state index contributed by atoms with van der Waals surface area (Å²) in [5.41, 5.74) is 1.54. The number of H-pyrrole nitrogens is 1. The summed E-state index contributed by atoms with van der Waals surface area (Å²) in [4.78, 5) is 37.5. The zero-order valence-electron chi connectivity index (χ0n) is 19.8. The van der Waals surface area contributed by atoms with Crippen molar-refractivity contribution >= 4 is 16.9 Å². The first kappa shape index (κ1) is 22.7. The number of rotatable bonds is 7. The first-order valence-electron chi connectivity index (χ1n) is 12.4. The second kappa shape index (κ2) is 10.1. The van der Waals surface area contributed by atoms with E-state index < -0.39 is 0 Å². The molecule has 0 radical (unpaired) electrons. The van der Waals surface area contributed by atoms with Crippen molar-refractivity contribution in [3.63, 3.8) is 0 Å². The lowest BCUT2D eigenvalue weighted by molar-refractivity contribution is -0.131. The third kappa shape index (κ3) is 4.63. The highest BCUT2D eigenvalue weighted by Crippen LogP contribution is 2.25. The van der Waals surface area contributed by atoms with Crippen molar-refractivity contribution in [1.29, 1.82) is 0 Å².